The Kier molecular flexibility index (Phi) is 5.84. The topological polar surface area (TPSA) is 47.7 Å². The van der Waals surface area contributed by atoms with Crippen LogP contribution >= 0.6 is 11.6 Å². The maximum Gasteiger partial charge on any atom is 0.165 e. The summed E-state index contributed by atoms with van der Waals surface area (Å²) in [7, 11) is 1.67. The van der Waals surface area contributed by atoms with Crippen LogP contribution in [-0.4, -0.2) is 30.1 Å². The number of rotatable bonds is 5. The van der Waals surface area contributed by atoms with Crippen LogP contribution in [0.4, 0.5) is 0 Å². The number of ether oxygens (including phenoxy) is 2. The van der Waals surface area contributed by atoms with Gasteiger partial charge in [-0.1, -0.05) is 29.8 Å². The van der Waals surface area contributed by atoms with Crippen molar-refractivity contribution >= 4 is 11.6 Å². The summed E-state index contributed by atoms with van der Waals surface area (Å²) in [5, 5.41) is 0.681. The van der Waals surface area contributed by atoms with E-state index in [1.165, 1.54) is 0 Å². The Labute approximate surface area is 192 Å². The highest BCUT2D eigenvalue weighted by Gasteiger charge is 2.21. The fourth-order valence-electron chi connectivity index (χ4n) is 4.01. The molecular formula is C26H23ClN2O3. The highest BCUT2D eigenvalue weighted by atomic mass is 35.5. The van der Waals surface area contributed by atoms with Gasteiger partial charge in [-0.3, -0.25) is 9.88 Å². The molecule has 3 heterocycles. The minimum Gasteiger partial charge on any atom is -0.493 e. The number of pyridine rings is 1. The predicted octanol–water partition coefficient (Wildman–Crippen LogP) is 6.07. The number of fused-ring (bicyclic) bond motifs is 1. The van der Waals surface area contributed by atoms with E-state index in [9.17, 15) is 0 Å². The van der Waals surface area contributed by atoms with Gasteiger partial charge >= 0.3 is 0 Å². The van der Waals surface area contributed by atoms with E-state index in [1.807, 2.05) is 60.8 Å². The number of methoxy groups -OCH3 is 1. The molecule has 6 heteroatoms. The average Bonchev–Trinajstić information content (AvgIpc) is 3.18. The Bertz CT molecular complexity index is 1220. The Morgan fingerprint density at radius 3 is 2.78 bits per heavy atom. The zero-order valence-corrected chi connectivity index (χ0v) is 18.5. The van der Waals surface area contributed by atoms with E-state index in [0.717, 1.165) is 58.4 Å². The van der Waals surface area contributed by atoms with Crippen molar-refractivity contribution in [1.29, 1.82) is 0 Å². The third-order valence-corrected chi connectivity index (χ3v) is 5.90. The summed E-state index contributed by atoms with van der Waals surface area (Å²) in [6.07, 6.45) is 3.63. The van der Waals surface area contributed by atoms with E-state index in [0.29, 0.717) is 18.2 Å². The van der Waals surface area contributed by atoms with Gasteiger partial charge in [0.2, 0.25) is 0 Å². The van der Waals surface area contributed by atoms with Gasteiger partial charge < -0.3 is 13.9 Å². The molecule has 0 atom stereocenters. The Hall–Kier alpha value is -3.28. The van der Waals surface area contributed by atoms with Crippen LogP contribution in [0.2, 0.25) is 5.02 Å². The second-order valence-electron chi connectivity index (χ2n) is 7.71. The molecule has 5 rings (SSSR count). The second-order valence-corrected chi connectivity index (χ2v) is 8.12. The SMILES string of the molecule is COc1cc(-c2cccnc2)cc2c1OCCN(Cc1ccc(-c3ccccc3Cl)o1)C2. The molecule has 0 fully saturated rings. The highest BCUT2D eigenvalue weighted by Crippen LogP contribution is 2.38. The standard InChI is InChI=1S/C26H23ClN2O3/c1-30-25-14-19(18-5-4-10-28-15-18)13-20-16-29(11-12-31-26(20)25)17-21-8-9-24(32-21)22-6-2-3-7-23(22)27/h2-10,13-15H,11-12,16-17H2,1H3. The van der Waals surface area contributed by atoms with Crippen molar-refractivity contribution < 1.29 is 13.9 Å². The van der Waals surface area contributed by atoms with Crippen molar-refractivity contribution in [2.24, 2.45) is 0 Å². The summed E-state index contributed by atoms with van der Waals surface area (Å²) in [4.78, 5) is 6.56. The monoisotopic (exact) mass is 446 g/mol. The van der Waals surface area contributed by atoms with Crippen LogP contribution in [0.3, 0.4) is 0 Å². The average molecular weight is 447 g/mol. The second kappa shape index (κ2) is 9.07. The van der Waals surface area contributed by atoms with Gasteiger partial charge in [0, 0.05) is 42.2 Å². The van der Waals surface area contributed by atoms with Gasteiger partial charge in [-0.2, -0.15) is 0 Å². The van der Waals surface area contributed by atoms with Gasteiger partial charge in [-0.15, -0.1) is 0 Å². The van der Waals surface area contributed by atoms with Crippen molar-refractivity contribution in [2.75, 3.05) is 20.3 Å². The van der Waals surface area contributed by atoms with Gasteiger partial charge in [0.15, 0.2) is 11.5 Å². The first-order chi connectivity index (χ1) is 15.7. The molecule has 0 bridgehead atoms. The molecule has 32 heavy (non-hydrogen) atoms. The summed E-state index contributed by atoms with van der Waals surface area (Å²) < 4.78 is 17.9. The van der Waals surface area contributed by atoms with Crippen LogP contribution in [0, 0.1) is 0 Å². The maximum absolute atomic E-state index is 6.33. The Morgan fingerprint density at radius 1 is 1.06 bits per heavy atom. The molecule has 0 aliphatic carbocycles. The van der Waals surface area contributed by atoms with E-state index < -0.39 is 0 Å². The molecule has 1 aliphatic rings. The summed E-state index contributed by atoms with van der Waals surface area (Å²) in [6.45, 7) is 2.75. The number of nitrogens with zero attached hydrogens (tertiary/aromatic N) is 2. The predicted molar refractivity (Wildman–Crippen MR) is 125 cm³/mol. The molecule has 0 spiro atoms. The van der Waals surface area contributed by atoms with Crippen LogP contribution in [0.1, 0.15) is 11.3 Å². The number of aromatic nitrogens is 1. The summed E-state index contributed by atoms with van der Waals surface area (Å²) >= 11 is 6.33. The zero-order valence-electron chi connectivity index (χ0n) is 17.8. The number of furan rings is 1. The zero-order chi connectivity index (χ0) is 21.9. The molecule has 0 radical (unpaired) electrons. The van der Waals surface area contributed by atoms with Gasteiger partial charge in [0.05, 0.1) is 18.7 Å². The van der Waals surface area contributed by atoms with E-state index >= 15 is 0 Å². The number of hydrogen-bond acceptors (Lipinski definition) is 5. The van der Waals surface area contributed by atoms with Crippen LogP contribution in [0.25, 0.3) is 22.5 Å². The summed E-state index contributed by atoms with van der Waals surface area (Å²) in [5.74, 6) is 3.21. The molecule has 0 N–H and O–H groups in total. The number of benzene rings is 2. The molecule has 4 aromatic rings. The van der Waals surface area contributed by atoms with Crippen molar-refractivity contribution in [1.82, 2.24) is 9.88 Å². The van der Waals surface area contributed by atoms with Crippen LogP contribution < -0.4 is 9.47 Å². The molecule has 0 unspecified atom stereocenters. The third kappa shape index (κ3) is 4.22. The lowest BCUT2D eigenvalue weighted by molar-refractivity contribution is 0.205. The lowest BCUT2D eigenvalue weighted by Crippen LogP contribution is -2.25. The number of halogens is 1. The Balaban J connectivity index is 1.41. The van der Waals surface area contributed by atoms with Crippen molar-refractivity contribution in [3.05, 3.63) is 89.4 Å². The van der Waals surface area contributed by atoms with Crippen molar-refractivity contribution in [3.63, 3.8) is 0 Å². The van der Waals surface area contributed by atoms with Crippen molar-refractivity contribution in [3.8, 4) is 33.9 Å². The first-order valence-corrected chi connectivity index (χ1v) is 10.9. The lowest BCUT2D eigenvalue weighted by Gasteiger charge is -2.18. The van der Waals surface area contributed by atoms with Gasteiger partial charge in [-0.25, -0.2) is 0 Å². The minimum absolute atomic E-state index is 0.577. The molecule has 0 saturated heterocycles. The highest BCUT2D eigenvalue weighted by molar-refractivity contribution is 6.33. The molecule has 0 saturated carbocycles. The molecule has 2 aromatic carbocycles. The van der Waals surface area contributed by atoms with Gasteiger partial charge in [0.25, 0.3) is 0 Å². The fourth-order valence-corrected chi connectivity index (χ4v) is 4.24. The Morgan fingerprint density at radius 2 is 1.97 bits per heavy atom. The normalized spacial score (nSPS) is 13.8. The van der Waals surface area contributed by atoms with Gasteiger partial charge in [0.1, 0.15) is 18.1 Å². The van der Waals surface area contributed by atoms with Crippen molar-refractivity contribution in [2.45, 2.75) is 13.1 Å². The first kappa shape index (κ1) is 20.6. The molecule has 5 nitrogen and oxygen atoms in total. The molecule has 162 valence electrons. The lowest BCUT2D eigenvalue weighted by atomic mass is 10.0. The van der Waals surface area contributed by atoms with Crippen LogP contribution in [-0.2, 0) is 13.1 Å². The smallest absolute Gasteiger partial charge is 0.165 e. The molecule has 0 amide bonds. The van der Waals surface area contributed by atoms with E-state index in [1.54, 1.807) is 13.3 Å². The van der Waals surface area contributed by atoms with Gasteiger partial charge in [-0.05, 0) is 48.0 Å². The third-order valence-electron chi connectivity index (χ3n) is 5.57. The quantitative estimate of drug-likeness (QED) is 0.372. The largest absolute Gasteiger partial charge is 0.493 e. The fraction of sp³-hybridized carbons (Fsp3) is 0.192. The minimum atomic E-state index is 0.577. The number of hydrogen-bond donors (Lipinski definition) is 0. The van der Waals surface area contributed by atoms with E-state index in [-0.39, 0.29) is 0 Å². The maximum atomic E-state index is 6.33. The van der Waals surface area contributed by atoms with E-state index in [4.69, 9.17) is 25.5 Å². The van der Waals surface area contributed by atoms with Crippen LogP contribution in [0.15, 0.2) is 77.5 Å². The van der Waals surface area contributed by atoms with E-state index in [2.05, 4.69) is 16.0 Å². The first-order valence-electron chi connectivity index (χ1n) is 10.5. The van der Waals surface area contributed by atoms with Crippen LogP contribution in [0.5, 0.6) is 11.5 Å². The summed E-state index contributed by atoms with van der Waals surface area (Å²) in [6, 6.07) is 19.8. The molecular weight excluding hydrogens is 424 g/mol. The molecule has 1 aliphatic heterocycles. The summed E-state index contributed by atoms with van der Waals surface area (Å²) in [5.41, 5.74) is 4.08. The molecule has 2 aromatic heterocycles.